The fourth-order valence-corrected chi connectivity index (χ4v) is 10.5. The van der Waals surface area contributed by atoms with Crippen molar-refractivity contribution in [1.82, 2.24) is 0 Å². The van der Waals surface area contributed by atoms with Crippen molar-refractivity contribution < 1.29 is 28.6 Å². The second-order valence-corrected chi connectivity index (χ2v) is 23.8. The molecule has 1 atom stereocenters. The Hall–Kier alpha value is -2.89. The van der Waals surface area contributed by atoms with Crippen LogP contribution in [-0.4, -0.2) is 37.2 Å². The molecule has 466 valence electrons. The number of carbonyl (C=O) groups is 3. The largest absolute Gasteiger partial charge is 0.462 e. The molecule has 0 amide bonds. The Kier molecular flexibility index (Phi) is 66.1. The van der Waals surface area contributed by atoms with Crippen LogP contribution in [0.1, 0.15) is 374 Å². The highest BCUT2D eigenvalue weighted by atomic mass is 16.6. The first-order chi connectivity index (χ1) is 39.5. The zero-order chi connectivity index (χ0) is 57.8. The molecule has 0 fully saturated rings. The summed E-state index contributed by atoms with van der Waals surface area (Å²) in [4.78, 5) is 38.5. The first-order valence-corrected chi connectivity index (χ1v) is 35.3. The molecule has 0 aliphatic heterocycles. The molecule has 0 N–H and O–H groups in total. The van der Waals surface area contributed by atoms with E-state index in [2.05, 4.69) is 81.5 Å². The SMILES string of the molecule is CC/C=C\C/C=C\C/C=C\C/C=C\CCCCCCC(=O)OCC(COC(=O)CCCCCCCCCCCCCCC/C=C\CCCCCCCCCC)OC(=O)CCCCCCCCCCCCCCCCCCCCCC. The zero-order valence-electron chi connectivity index (χ0n) is 53.6. The van der Waals surface area contributed by atoms with Crippen molar-refractivity contribution in [2.24, 2.45) is 0 Å². The Balaban J connectivity index is 4.32. The molecule has 0 saturated carbocycles. The van der Waals surface area contributed by atoms with Crippen molar-refractivity contribution in [3.8, 4) is 0 Å². The number of rotatable bonds is 65. The van der Waals surface area contributed by atoms with Crippen LogP contribution >= 0.6 is 0 Å². The van der Waals surface area contributed by atoms with Crippen molar-refractivity contribution in [1.29, 1.82) is 0 Å². The minimum atomic E-state index is -0.784. The average molecular weight is 1120 g/mol. The van der Waals surface area contributed by atoms with Gasteiger partial charge < -0.3 is 14.2 Å². The van der Waals surface area contributed by atoms with Crippen LogP contribution in [0.4, 0.5) is 0 Å². The summed E-state index contributed by atoms with van der Waals surface area (Å²) < 4.78 is 17.0. The summed E-state index contributed by atoms with van der Waals surface area (Å²) in [5, 5.41) is 0. The van der Waals surface area contributed by atoms with E-state index in [4.69, 9.17) is 14.2 Å². The summed E-state index contributed by atoms with van der Waals surface area (Å²) in [6, 6.07) is 0. The number of esters is 3. The lowest BCUT2D eigenvalue weighted by molar-refractivity contribution is -0.167. The van der Waals surface area contributed by atoms with Crippen molar-refractivity contribution in [3.63, 3.8) is 0 Å². The molecule has 1 unspecified atom stereocenters. The fraction of sp³-hybridized carbons (Fsp3) is 0.824. The molecule has 80 heavy (non-hydrogen) atoms. The van der Waals surface area contributed by atoms with Crippen molar-refractivity contribution in [2.45, 2.75) is 380 Å². The van der Waals surface area contributed by atoms with E-state index in [1.165, 1.54) is 238 Å². The van der Waals surface area contributed by atoms with E-state index >= 15 is 0 Å². The van der Waals surface area contributed by atoms with Gasteiger partial charge in [-0.15, -0.1) is 0 Å². The Labute approximate surface area is 498 Å². The van der Waals surface area contributed by atoms with E-state index < -0.39 is 6.10 Å². The second-order valence-electron chi connectivity index (χ2n) is 23.8. The lowest BCUT2D eigenvalue weighted by Gasteiger charge is -2.18. The van der Waals surface area contributed by atoms with E-state index in [0.29, 0.717) is 19.3 Å². The third kappa shape index (κ3) is 65.9. The Morgan fingerprint density at radius 3 is 0.775 bits per heavy atom. The van der Waals surface area contributed by atoms with Crippen LogP contribution < -0.4 is 0 Å². The summed E-state index contributed by atoms with van der Waals surface area (Å²) in [5.74, 6) is -0.878. The van der Waals surface area contributed by atoms with Crippen LogP contribution in [0.25, 0.3) is 0 Å². The molecule has 6 heteroatoms. The van der Waals surface area contributed by atoms with Gasteiger partial charge in [0.1, 0.15) is 13.2 Å². The lowest BCUT2D eigenvalue weighted by atomic mass is 10.0. The molecule has 0 heterocycles. The molecule has 0 aromatic rings. The maximum Gasteiger partial charge on any atom is 0.306 e. The van der Waals surface area contributed by atoms with Crippen LogP contribution in [0.2, 0.25) is 0 Å². The zero-order valence-corrected chi connectivity index (χ0v) is 53.6. The van der Waals surface area contributed by atoms with Gasteiger partial charge in [0.2, 0.25) is 0 Å². The molecule has 0 radical (unpaired) electrons. The number of unbranched alkanes of at least 4 members (excludes halogenated alkanes) is 44. The molecule has 0 rings (SSSR count). The molecule has 0 saturated heterocycles. The topological polar surface area (TPSA) is 78.9 Å². The molecule has 6 nitrogen and oxygen atoms in total. The van der Waals surface area contributed by atoms with Crippen LogP contribution in [0.15, 0.2) is 60.8 Å². The van der Waals surface area contributed by atoms with Gasteiger partial charge in [-0.1, -0.05) is 332 Å². The maximum atomic E-state index is 13.0. The Morgan fingerprint density at radius 1 is 0.263 bits per heavy atom. The molecule has 0 aromatic heterocycles. The minimum absolute atomic E-state index is 0.0782. The summed E-state index contributed by atoms with van der Waals surface area (Å²) >= 11 is 0. The summed E-state index contributed by atoms with van der Waals surface area (Å²) in [7, 11) is 0. The fourth-order valence-electron chi connectivity index (χ4n) is 10.5. The van der Waals surface area contributed by atoms with Gasteiger partial charge in [-0.3, -0.25) is 14.4 Å². The van der Waals surface area contributed by atoms with Gasteiger partial charge in [0.25, 0.3) is 0 Å². The van der Waals surface area contributed by atoms with Gasteiger partial charge in [-0.05, 0) is 83.5 Å². The second kappa shape index (κ2) is 68.6. The number of hydrogen-bond acceptors (Lipinski definition) is 6. The molecular weight excluding hydrogens is 985 g/mol. The van der Waals surface area contributed by atoms with Crippen molar-refractivity contribution in [2.75, 3.05) is 13.2 Å². The van der Waals surface area contributed by atoms with Gasteiger partial charge in [-0.2, -0.15) is 0 Å². The van der Waals surface area contributed by atoms with E-state index in [-0.39, 0.29) is 31.1 Å². The molecule has 0 aromatic carbocycles. The van der Waals surface area contributed by atoms with Gasteiger partial charge in [0.15, 0.2) is 6.10 Å². The summed E-state index contributed by atoms with van der Waals surface area (Å²) in [6.45, 7) is 6.57. The lowest BCUT2D eigenvalue weighted by Crippen LogP contribution is -2.30. The highest BCUT2D eigenvalue weighted by Crippen LogP contribution is 2.18. The highest BCUT2D eigenvalue weighted by Gasteiger charge is 2.19. The number of ether oxygens (including phenoxy) is 3. The Morgan fingerprint density at radius 2 is 0.487 bits per heavy atom. The van der Waals surface area contributed by atoms with Gasteiger partial charge in [0.05, 0.1) is 0 Å². The monoisotopic (exact) mass is 1120 g/mol. The number of hydrogen-bond donors (Lipinski definition) is 0. The third-order valence-corrected chi connectivity index (χ3v) is 15.8. The van der Waals surface area contributed by atoms with Crippen molar-refractivity contribution >= 4 is 17.9 Å². The molecule has 0 spiro atoms. The number of allylic oxidation sites excluding steroid dienone is 10. The predicted molar refractivity (Wildman–Crippen MR) is 348 cm³/mol. The third-order valence-electron chi connectivity index (χ3n) is 15.8. The summed E-state index contributed by atoms with van der Waals surface area (Å²) in [5.41, 5.74) is 0. The quantitative estimate of drug-likeness (QED) is 0.0261. The molecule has 0 aliphatic carbocycles. The highest BCUT2D eigenvalue weighted by molar-refractivity contribution is 5.71. The molecule has 0 aliphatic rings. The van der Waals surface area contributed by atoms with Crippen LogP contribution in [0.5, 0.6) is 0 Å². The standard InChI is InChI=1S/C74H134O6/c1-4-7-10-13-16-19-22-25-28-31-33-35-36-37-38-39-41-43-46-49-52-55-58-61-64-67-73(76)79-70-71(69-78-72(75)66-63-60-57-54-51-48-45-42-30-27-24-21-18-15-12-9-6-3)80-74(77)68-65-62-59-56-53-50-47-44-40-34-32-29-26-23-20-17-14-11-8-5-2/h9,12,18,21,27,30-31,33,45,48,71H,4-8,10-11,13-17,19-20,22-26,28-29,32,34-44,46-47,49-70H2,1-3H3/b12-9-,21-18-,30-27-,33-31-,48-45-. The van der Waals surface area contributed by atoms with Gasteiger partial charge in [-0.25, -0.2) is 0 Å². The Bertz CT molecular complexity index is 1430. The first kappa shape index (κ1) is 77.1. The van der Waals surface area contributed by atoms with E-state index in [1.54, 1.807) is 0 Å². The average Bonchev–Trinajstić information content (AvgIpc) is 3.46. The van der Waals surface area contributed by atoms with Crippen LogP contribution in [-0.2, 0) is 28.6 Å². The molecule has 0 bridgehead atoms. The summed E-state index contributed by atoms with van der Waals surface area (Å²) in [6.07, 6.45) is 88.2. The molecular formula is C74H134O6. The van der Waals surface area contributed by atoms with Crippen molar-refractivity contribution in [3.05, 3.63) is 60.8 Å². The van der Waals surface area contributed by atoms with Gasteiger partial charge >= 0.3 is 17.9 Å². The minimum Gasteiger partial charge on any atom is -0.462 e. The predicted octanol–water partition coefficient (Wildman–Crippen LogP) is 24.3. The van der Waals surface area contributed by atoms with Gasteiger partial charge in [0, 0.05) is 19.3 Å². The maximum absolute atomic E-state index is 13.0. The number of carbonyl (C=O) groups excluding carboxylic acids is 3. The van der Waals surface area contributed by atoms with E-state index in [9.17, 15) is 14.4 Å². The smallest absolute Gasteiger partial charge is 0.306 e. The van der Waals surface area contributed by atoms with Crippen LogP contribution in [0, 0.1) is 0 Å². The normalized spacial score (nSPS) is 12.4. The first-order valence-electron chi connectivity index (χ1n) is 35.3. The van der Waals surface area contributed by atoms with E-state index in [0.717, 1.165) is 96.3 Å². The van der Waals surface area contributed by atoms with Crippen LogP contribution in [0.3, 0.4) is 0 Å². The van der Waals surface area contributed by atoms with E-state index in [1.807, 2.05) is 0 Å².